The molecule has 0 fully saturated rings. The first-order valence-electron chi connectivity index (χ1n) is 11.2. The van der Waals surface area contributed by atoms with E-state index >= 15 is 0 Å². The largest absolute Gasteiger partial charge is 0.494 e. The number of nitrogens with zero attached hydrogens (tertiary/aromatic N) is 1. The summed E-state index contributed by atoms with van der Waals surface area (Å²) in [6.07, 6.45) is 2.61. The Morgan fingerprint density at radius 2 is 1.71 bits per heavy atom. The maximum Gasteiger partial charge on any atom is 0.256 e. The lowest BCUT2D eigenvalue weighted by Crippen LogP contribution is -2.13. The highest BCUT2D eigenvalue weighted by Crippen LogP contribution is 2.29. The molecule has 1 amide bonds. The number of carbonyl (C=O) groups is 1. The lowest BCUT2D eigenvalue weighted by Gasteiger charge is -2.13. The lowest BCUT2D eigenvalue weighted by atomic mass is 9.98. The van der Waals surface area contributed by atoms with Gasteiger partial charge in [0.1, 0.15) is 11.6 Å². The molecule has 4 rings (SSSR count). The Morgan fingerprint density at radius 3 is 2.41 bits per heavy atom. The van der Waals surface area contributed by atoms with Crippen LogP contribution in [0.15, 0.2) is 91.1 Å². The second-order valence-electron chi connectivity index (χ2n) is 7.68. The van der Waals surface area contributed by atoms with E-state index in [4.69, 9.17) is 4.74 Å². The number of carbonyl (C=O) groups excluding carboxylic acids is 1. The molecular weight excluding hydrogens is 429 g/mol. The molecule has 172 valence electrons. The third-order valence-electron chi connectivity index (χ3n) is 5.28. The van der Waals surface area contributed by atoms with Gasteiger partial charge in [0.15, 0.2) is 0 Å². The van der Waals surface area contributed by atoms with Crippen LogP contribution in [0.3, 0.4) is 0 Å². The highest BCUT2D eigenvalue weighted by molar-refractivity contribution is 6.09. The van der Waals surface area contributed by atoms with Crippen LogP contribution in [0.25, 0.3) is 11.1 Å². The van der Waals surface area contributed by atoms with Crippen LogP contribution < -0.4 is 15.4 Å². The summed E-state index contributed by atoms with van der Waals surface area (Å²) < 4.78 is 19.0. The van der Waals surface area contributed by atoms with E-state index in [2.05, 4.69) is 15.6 Å². The molecule has 0 saturated heterocycles. The third kappa shape index (κ3) is 5.98. The molecule has 1 heterocycles. The standard InChI is InChI=1S/C28H26FN3O2/c1-2-34-25-14-15-26(20-6-8-21(29)9-7-20)27(19-25)28(33)32-24-12-10-23(11-13-24)31-18-16-22-5-3-4-17-30-22/h3-15,17,19,31H,2,16,18H2,1H3,(H,32,33). The second-order valence-corrected chi connectivity index (χ2v) is 7.68. The minimum absolute atomic E-state index is 0.267. The van der Waals surface area contributed by atoms with Crippen LogP contribution in [-0.2, 0) is 6.42 Å². The molecule has 0 atom stereocenters. The summed E-state index contributed by atoms with van der Waals surface area (Å²) in [6.45, 7) is 3.14. The molecule has 0 aliphatic carbocycles. The Hall–Kier alpha value is -4.19. The van der Waals surface area contributed by atoms with Crippen LogP contribution in [0.5, 0.6) is 5.75 Å². The maximum absolute atomic E-state index is 13.4. The zero-order valence-corrected chi connectivity index (χ0v) is 18.9. The third-order valence-corrected chi connectivity index (χ3v) is 5.28. The number of hydrogen-bond donors (Lipinski definition) is 2. The highest BCUT2D eigenvalue weighted by Gasteiger charge is 2.15. The van der Waals surface area contributed by atoms with Crippen LogP contribution in [0.4, 0.5) is 15.8 Å². The molecule has 4 aromatic rings. The Bertz CT molecular complexity index is 1230. The fourth-order valence-electron chi connectivity index (χ4n) is 3.60. The maximum atomic E-state index is 13.4. The Kier molecular flexibility index (Phi) is 7.50. The summed E-state index contributed by atoms with van der Waals surface area (Å²) in [5.41, 5.74) is 4.57. The SMILES string of the molecule is CCOc1ccc(-c2ccc(F)cc2)c(C(=O)Nc2ccc(NCCc3ccccn3)cc2)c1. The van der Waals surface area contributed by atoms with Gasteiger partial charge in [-0.05, 0) is 84.8 Å². The zero-order chi connectivity index (χ0) is 23.8. The summed E-state index contributed by atoms with van der Waals surface area (Å²) >= 11 is 0. The summed E-state index contributed by atoms with van der Waals surface area (Å²) in [7, 11) is 0. The number of pyridine rings is 1. The van der Waals surface area contributed by atoms with Gasteiger partial charge >= 0.3 is 0 Å². The molecule has 2 N–H and O–H groups in total. The number of rotatable bonds is 9. The van der Waals surface area contributed by atoms with Crippen LogP contribution in [-0.4, -0.2) is 24.0 Å². The van der Waals surface area contributed by atoms with Crippen molar-refractivity contribution in [1.29, 1.82) is 0 Å². The van der Waals surface area contributed by atoms with E-state index in [-0.39, 0.29) is 11.7 Å². The summed E-state index contributed by atoms with van der Waals surface area (Å²) in [5.74, 6) is 0.0112. The fraction of sp³-hybridized carbons (Fsp3) is 0.143. The first-order chi connectivity index (χ1) is 16.6. The average Bonchev–Trinajstić information content (AvgIpc) is 2.86. The molecule has 0 spiro atoms. The van der Waals surface area contributed by atoms with E-state index in [0.717, 1.165) is 29.9 Å². The lowest BCUT2D eigenvalue weighted by molar-refractivity contribution is 0.102. The quantitative estimate of drug-likeness (QED) is 0.316. The van der Waals surface area contributed by atoms with Gasteiger partial charge in [-0.25, -0.2) is 4.39 Å². The van der Waals surface area contributed by atoms with Gasteiger partial charge in [0, 0.05) is 36.2 Å². The van der Waals surface area contributed by atoms with E-state index in [1.807, 2.05) is 61.5 Å². The molecule has 0 aliphatic rings. The second kappa shape index (κ2) is 11.1. The van der Waals surface area contributed by atoms with E-state index in [9.17, 15) is 9.18 Å². The van der Waals surface area contributed by atoms with E-state index in [0.29, 0.717) is 29.2 Å². The predicted molar refractivity (Wildman–Crippen MR) is 134 cm³/mol. The number of aromatic nitrogens is 1. The minimum atomic E-state index is -0.325. The van der Waals surface area contributed by atoms with Gasteiger partial charge in [0.2, 0.25) is 0 Å². The van der Waals surface area contributed by atoms with Gasteiger partial charge in [-0.2, -0.15) is 0 Å². The van der Waals surface area contributed by atoms with E-state index in [1.165, 1.54) is 12.1 Å². The number of halogens is 1. The van der Waals surface area contributed by atoms with Gasteiger partial charge in [-0.1, -0.05) is 18.2 Å². The zero-order valence-electron chi connectivity index (χ0n) is 18.9. The number of nitrogens with one attached hydrogen (secondary N) is 2. The Morgan fingerprint density at radius 1 is 0.941 bits per heavy atom. The molecule has 34 heavy (non-hydrogen) atoms. The average molecular weight is 456 g/mol. The van der Waals surface area contributed by atoms with E-state index in [1.54, 1.807) is 24.4 Å². The first-order valence-corrected chi connectivity index (χ1v) is 11.2. The topological polar surface area (TPSA) is 63.2 Å². The molecule has 3 aromatic carbocycles. The number of ether oxygens (including phenoxy) is 1. The smallest absolute Gasteiger partial charge is 0.256 e. The molecule has 1 aromatic heterocycles. The van der Waals surface area contributed by atoms with Crippen molar-refractivity contribution < 1.29 is 13.9 Å². The molecule has 0 aliphatic heterocycles. The Labute approximate surface area is 198 Å². The molecule has 0 bridgehead atoms. The number of anilines is 2. The van der Waals surface area contributed by atoms with Gasteiger partial charge in [-0.3, -0.25) is 9.78 Å². The number of amides is 1. The molecule has 0 saturated carbocycles. The molecular formula is C28H26FN3O2. The predicted octanol–water partition coefficient (Wildman–Crippen LogP) is 6.19. The van der Waals surface area contributed by atoms with Crippen molar-refractivity contribution in [2.24, 2.45) is 0 Å². The Balaban J connectivity index is 1.46. The van der Waals surface area contributed by atoms with Crippen molar-refractivity contribution in [3.05, 3.63) is 108 Å². The van der Waals surface area contributed by atoms with Crippen molar-refractivity contribution in [2.45, 2.75) is 13.3 Å². The summed E-state index contributed by atoms with van der Waals surface area (Å²) in [6, 6.07) is 24.9. The van der Waals surface area contributed by atoms with Crippen molar-refractivity contribution >= 4 is 17.3 Å². The minimum Gasteiger partial charge on any atom is -0.494 e. The van der Waals surface area contributed by atoms with Crippen LogP contribution in [0.1, 0.15) is 23.0 Å². The van der Waals surface area contributed by atoms with Gasteiger partial charge in [0.25, 0.3) is 5.91 Å². The first kappa shape index (κ1) is 23.0. The molecule has 6 heteroatoms. The molecule has 0 unspecified atom stereocenters. The van der Waals surface area contributed by atoms with Gasteiger partial charge in [-0.15, -0.1) is 0 Å². The van der Waals surface area contributed by atoms with Crippen molar-refractivity contribution in [1.82, 2.24) is 4.98 Å². The van der Waals surface area contributed by atoms with Gasteiger partial charge in [0.05, 0.1) is 12.2 Å². The van der Waals surface area contributed by atoms with Crippen molar-refractivity contribution in [2.75, 3.05) is 23.8 Å². The summed E-state index contributed by atoms with van der Waals surface area (Å²) in [4.78, 5) is 17.5. The van der Waals surface area contributed by atoms with Crippen LogP contribution in [0, 0.1) is 5.82 Å². The molecule has 0 radical (unpaired) electrons. The fourth-order valence-corrected chi connectivity index (χ4v) is 3.60. The van der Waals surface area contributed by atoms with Crippen LogP contribution >= 0.6 is 0 Å². The monoisotopic (exact) mass is 455 g/mol. The van der Waals surface area contributed by atoms with Crippen molar-refractivity contribution in [3.8, 4) is 16.9 Å². The van der Waals surface area contributed by atoms with Crippen molar-refractivity contribution in [3.63, 3.8) is 0 Å². The highest BCUT2D eigenvalue weighted by atomic mass is 19.1. The number of hydrogen-bond acceptors (Lipinski definition) is 4. The molecule has 5 nitrogen and oxygen atoms in total. The van der Waals surface area contributed by atoms with Crippen LogP contribution in [0.2, 0.25) is 0 Å². The summed E-state index contributed by atoms with van der Waals surface area (Å²) in [5, 5.41) is 6.31. The normalized spacial score (nSPS) is 10.5. The van der Waals surface area contributed by atoms with Gasteiger partial charge < -0.3 is 15.4 Å². The number of benzene rings is 3. The van der Waals surface area contributed by atoms with E-state index < -0.39 is 0 Å².